The number of ether oxygens (including phenoxy) is 1. The topological polar surface area (TPSA) is 81.1 Å². The number of anilines is 3. The molecule has 2 heterocycles. The molecule has 0 bridgehead atoms. The number of hydrogen-bond acceptors (Lipinski definition) is 5. The molecule has 0 aliphatic rings. The summed E-state index contributed by atoms with van der Waals surface area (Å²) in [6.07, 6.45) is 5.39. The highest BCUT2D eigenvalue weighted by atomic mass is 16.5. The molecule has 0 aliphatic carbocycles. The van der Waals surface area contributed by atoms with Gasteiger partial charge < -0.3 is 19.9 Å². The van der Waals surface area contributed by atoms with Crippen molar-refractivity contribution in [1.82, 2.24) is 14.5 Å². The number of nitrogens with one attached hydrogen (secondary N) is 2. The maximum Gasteiger partial charge on any atom is 0.259 e. The van der Waals surface area contributed by atoms with E-state index in [9.17, 15) is 4.79 Å². The summed E-state index contributed by atoms with van der Waals surface area (Å²) < 4.78 is 7.54. The summed E-state index contributed by atoms with van der Waals surface area (Å²) in [5, 5.41) is 6.16. The smallest absolute Gasteiger partial charge is 0.259 e. The first-order valence-electron chi connectivity index (χ1n) is 10.5. The first kappa shape index (κ1) is 21.1. The molecule has 0 saturated carbocycles. The molecule has 0 saturated heterocycles. The van der Waals surface area contributed by atoms with E-state index in [-0.39, 0.29) is 5.91 Å². The van der Waals surface area contributed by atoms with Gasteiger partial charge in [-0.3, -0.25) is 4.79 Å². The van der Waals surface area contributed by atoms with Gasteiger partial charge >= 0.3 is 0 Å². The molecule has 32 heavy (non-hydrogen) atoms. The Morgan fingerprint density at radius 3 is 2.41 bits per heavy atom. The van der Waals surface area contributed by atoms with Crippen molar-refractivity contribution in [3.63, 3.8) is 0 Å². The standard InChI is InChI=1S/C25H25N5O2/c1-3-32-22-12-10-20(11-13-22)28-24-23(5-4-14-27-24)25(31)29-21-8-6-19(7-9-21)17-30-16-15-26-18(30)2/h4-16H,3,17H2,1-2H3,(H,27,28)(H,29,31). The van der Waals surface area contributed by atoms with Gasteiger partial charge in [-0.25, -0.2) is 9.97 Å². The van der Waals surface area contributed by atoms with E-state index in [4.69, 9.17) is 4.74 Å². The number of amides is 1. The summed E-state index contributed by atoms with van der Waals surface area (Å²) in [6.45, 7) is 5.26. The minimum atomic E-state index is -0.232. The van der Waals surface area contributed by atoms with E-state index in [1.165, 1.54) is 0 Å². The number of rotatable bonds is 8. The molecular formula is C25H25N5O2. The lowest BCUT2D eigenvalue weighted by Gasteiger charge is -2.12. The van der Waals surface area contributed by atoms with Crippen LogP contribution in [0.25, 0.3) is 0 Å². The number of nitrogens with zero attached hydrogens (tertiary/aromatic N) is 3. The van der Waals surface area contributed by atoms with Crippen LogP contribution in [-0.4, -0.2) is 27.0 Å². The number of carbonyl (C=O) groups is 1. The lowest BCUT2D eigenvalue weighted by atomic mass is 10.2. The van der Waals surface area contributed by atoms with Gasteiger partial charge in [-0.15, -0.1) is 0 Å². The average Bonchev–Trinajstić information content (AvgIpc) is 3.21. The van der Waals surface area contributed by atoms with Crippen molar-refractivity contribution < 1.29 is 9.53 Å². The Bertz CT molecular complexity index is 1180. The molecule has 2 N–H and O–H groups in total. The zero-order valence-electron chi connectivity index (χ0n) is 18.1. The van der Waals surface area contributed by atoms with Gasteiger partial charge in [0.2, 0.25) is 0 Å². The summed E-state index contributed by atoms with van der Waals surface area (Å²) in [4.78, 5) is 21.5. The van der Waals surface area contributed by atoms with Gasteiger partial charge in [0.05, 0.1) is 12.2 Å². The Labute approximate surface area is 187 Å². The number of carbonyl (C=O) groups excluding carboxylic acids is 1. The molecule has 7 nitrogen and oxygen atoms in total. The van der Waals surface area contributed by atoms with E-state index in [2.05, 4.69) is 25.2 Å². The lowest BCUT2D eigenvalue weighted by molar-refractivity contribution is 0.102. The van der Waals surface area contributed by atoms with Crippen LogP contribution in [0.1, 0.15) is 28.7 Å². The fourth-order valence-electron chi connectivity index (χ4n) is 3.29. The monoisotopic (exact) mass is 427 g/mol. The Balaban J connectivity index is 1.44. The highest BCUT2D eigenvalue weighted by molar-refractivity contribution is 6.07. The number of hydrogen-bond donors (Lipinski definition) is 2. The van der Waals surface area contributed by atoms with E-state index in [0.29, 0.717) is 18.0 Å². The molecule has 2 aromatic carbocycles. The normalized spacial score (nSPS) is 10.6. The molecule has 162 valence electrons. The zero-order chi connectivity index (χ0) is 22.3. The molecule has 2 aromatic heterocycles. The summed E-state index contributed by atoms with van der Waals surface area (Å²) in [5.74, 6) is 2.02. The third-order valence-electron chi connectivity index (χ3n) is 4.97. The van der Waals surface area contributed by atoms with Gasteiger partial charge in [-0.2, -0.15) is 0 Å². The molecule has 4 aromatic rings. The van der Waals surface area contributed by atoms with E-state index in [1.54, 1.807) is 24.5 Å². The summed E-state index contributed by atoms with van der Waals surface area (Å²) in [7, 11) is 0. The quantitative estimate of drug-likeness (QED) is 0.412. The van der Waals surface area contributed by atoms with E-state index in [1.807, 2.05) is 68.6 Å². The lowest BCUT2D eigenvalue weighted by Crippen LogP contribution is -2.14. The van der Waals surface area contributed by atoms with Crippen LogP contribution in [0, 0.1) is 6.92 Å². The molecule has 7 heteroatoms. The minimum absolute atomic E-state index is 0.232. The summed E-state index contributed by atoms with van der Waals surface area (Å²) >= 11 is 0. The van der Waals surface area contributed by atoms with E-state index >= 15 is 0 Å². The maximum atomic E-state index is 12.9. The summed E-state index contributed by atoms with van der Waals surface area (Å²) in [5.41, 5.74) is 3.13. The van der Waals surface area contributed by atoms with Crippen molar-refractivity contribution in [3.05, 3.63) is 96.2 Å². The molecule has 0 spiro atoms. The largest absolute Gasteiger partial charge is 0.494 e. The van der Waals surface area contributed by atoms with Gasteiger partial charge in [0.1, 0.15) is 17.4 Å². The predicted molar refractivity (Wildman–Crippen MR) is 126 cm³/mol. The number of benzene rings is 2. The fourth-order valence-corrected chi connectivity index (χ4v) is 3.29. The van der Waals surface area contributed by atoms with Crippen LogP contribution in [0.15, 0.2) is 79.3 Å². The molecule has 0 atom stereocenters. The number of imidazole rings is 1. The van der Waals surface area contributed by atoms with Crippen molar-refractivity contribution >= 4 is 23.1 Å². The van der Waals surface area contributed by atoms with Crippen LogP contribution in [-0.2, 0) is 6.54 Å². The van der Waals surface area contributed by atoms with Crippen molar-refractivity contribution in [2.45, 2.75) is 20.4 Å². The van der Waals surface area contributed by atoms with Crippen molar-refractivity contribution in [1.29, 1.82) is 0 Å². The predicted octanol–water partition coefficient (Wildman–Crippen LogP) is 5.03. The van der Waals surface area contributed by atoms with Crippen molar-refractivity contribution in [2.75, 3.05) is 17.2 Å². The first-order chi connectivity index (χ1) is 15.6. The second-order valence-corrected chi connectivity index (χ2v) is 7.24. The molecule has 0 radical (unpaired) electrons. The van der Waals surface area contributed by atoms with Gasteiger partial charge in [0, 0.05) is 36.5 Å². The molecule has 1 amide bonds. The number of pyridine rings is 1. The van der Waals surface area contributed by atoms with Crippen LogP contribution in [0.3, 0.4) is 0 Å². The van der Waals surface area contributed by atoms with Gasteiger partial charge in [-0.05, 0) is 67.9 Å². The van der Waals surface area contributed by atoms with Crippen molar-refractivity contribution in [3.8, 4) is 5.75 Å². The zero-order valence-corrected chi connectivity index (χ0v) is 18.1. The average molecular weight is 428 g/mol. The Morgan fingerprint density at radius 1 is 0.969 bits per heavy atom. The SMILES string of the molecule is CCOc1ccc(Nc2ncccc2C(=O)Nc2ccc(Cn3ccnc3C)cc2)cc1. The third kappa shape index (κ3) is 5.13. The van der Waals surface area contributed by atoms with Gasteiger partial charge in [-0.1, -0.05) is 12.1 Å². The van der Waals surface area contributed by atoms with Crippen LogP contribution in [0.4, 0.5) is 17.2 Å². The van der Waals surface area contributed by atoms with Crippen LogP contribution < -0.4 is 15.4 Å². The maximum absolute atomic E-state index is 12.9. The summed E-state index contributed by atoms with van der Waals surface area (Å²) in [6, 6.07) is 18.8. The highest BCUT2D eigenvalue weighted by Crippen LogP contribution is 2.22. The Kier molecular flexibility index (Phi) is 6.46. The number of aromatic nitrogens is 3. The van der Waals surface area contributed by atoms with E-state index in [0.717, 1.165) is 35.1 Å². The minimum Gasteiger partial charge on any atom is -0.494 e. The van der Waals surface area contributed by atoms with Crippen LogP contribution >= 0.6 is 0 Å². The molecule has 0 unspecified atom stereocenters. The molecule has 0 aliphatic heterocycles. The van der Waals surface area contributed by atoms with Crippen molar-refractivity contribution in [2.24, 2.45) is 0 Å². The molecule has 0 fully saturated rings. The first-order valence-corrected chi connectivity index (χ1v) is 10.5. The Morgan fingerprint density at radius 2 is 1.72 bits per heavy atom. The molecule has 4 rings (SSSR count). The number of aryl methyl sites for hydroxylation is 1. The highest BCUT2D eigenvalue weighted by Gasteiger charge is 2.13. The second kappa shape index (κ2) is 9.78. The second-order valence-electron chi connectivity index (χ2n) is 7.24. The fraction of sp³-hybridized carbons (Fsp3) is 0.160. The van der Waals surface area contributed by atoms with Gasteiger partial charge in [0.15, 0.2) is 0 Å². The van der Waals surface area contributed by atoms with Crippen LogP contribution in [0.5, 0.6) is 5.75 Å². The van der Waals surface area contributed by atoms with Crippen LogP contribution in [0.2, 0.25) is 0 Å². The Hall–Kier alpha value is -4.13. The van der Waals surface area contributed by atoms with Gasteiger partial charge in [0.25, 0.3) is 5.91 Å². The molecular weight excluding hydrogens is 402 g/mol. The third-order valence-corrected chi connectivity index (χ3v) is 4.97. The van der Waals surface area contributed by atoms with E-state index < -0.39 is 0 Å².